The predicted octanol–water partition coefficient (Wildman–Crippen LogP) is 2.15. The van der Waals surface area contributed by atoms with Gasteiger partial charge in [-0.25, -0.2) is 0 Å². The number of nitrogens with two attached hydrogens (primary N) is 1. The van der Waals surface area contributed by atoms with E-state index in [0.717, 1.165) is 19.1 Å². The van der Waals surface area contributed by atoms with Crippen LogP contribution < -0.4 is 5.73 Å². The van der Waals surface area contributed by atoms with Gasteiger partial charge in [0.25, 0.3) is 0 Å². The minimum Gasteiger partial charge on any atom is -0.375 e. The van der Waals surface area contributed by atoms with Crippen molar-refractivity contribution in [1.82, 2.24) is 4.90 Å². The van der Waals surface area contributed by atoms with Gasteiger partial charge in [0.1, 0.15) is 0 Å². The molecule has 1 atom stereocenters. The van der Waals surface area contributed by atoms with Gasteiger partial charge in [-0.1, -0.05) is 0 Å². The van der Waals surface area contributed by atoms with Crippen LogP contribution in [0.1, 0.15) is 52.4 Å². The fourth-order valence-electron chi connectivity index (χ4n) is 3.35. The van der Waals surface area contributed by atoms with Crippen molar-refractivity contribution in [2.45, 2.75) is 76.1 Å². The summed E-state index contributed by atoms with van der Waals surface area (Å²) in [6, 6.07) is 1.89. The van der Waals surface area contributed by atoms with Crippen LogP contribution in [-0.2, 0) is 4.74 Å². The maximum Gasteiger partial charge on any atom is 0.0641 e. The van der Waals surface area contributed by atoms with Crippen LogP contribution in [0.3, 0.4) is 0 Å². The lowest BCUT2D eigenvalue weighted by Gasteiger charge is -2.44. The van der Waals surface area contributed by atoms with Crippen molar-refractivity contribution in [1.29, 1.82) is 0 Å². The molecule has 1 aliphatic carbocycles. The lowest BCUT2D eigenvalue weighted by atomic mass is 9.87. The molecule has 1 heterocycles. The molecule has 0 bridgehead atoms. The lowest BCUT2D eigenvalue weighted by Crippen LogP contribution is -2.49. The predicted molar refractivity (Wildman–Crippen MR) is 71.0 cm³/mol. The summed E-state index contributed by atoms with van der Waals surface area (Å²) in [5.74, 6) is 0. The van der Waals surface area contributed by atoms with E-state index in [9.17, 15) is 0 Å². The second-order valence-electron chi connectivity index (χ2n) is 6.49. The van der Waals surface area contributed by atoms with Crippen molar-refractivity contribution >= 4 is 0 Å². The van der Waals surface area contributed by atoms with Gasteiger partial charge in [-0.2, -0.15) is 0 Å². The summed E-state index contributed by atoms with van der Waals surface area (Å²) < 4.78 is 5.80. The van der Waals surface area contributed by atoms with Crippen LogP contribution in [0.4, 0.5) is 0 Å². The van der Waals surface area contributed by atoms with E-state index in [1.165, 1.54) is 32.1 Å². The molecule has 1 unspecified atom stereocenters. The summed E-state index contributed by atoms with van der Waals surface area (Å²) in [4.78, 5) is 2.61. The molecule has 0 aromatic rings. The highest BCUT2D eigenvalue weighted by molar-refractivity contribution is 4.88. The monoisotopic (exact) mass is 240 g/mol. The smallest absolute Gasteiger partial charge is 0.0641 e. The molecule has 0 spiro atoms. The Morgan fingerprint density at radius 1 is 1.06 bits per heavy atom. The molecule has 2 aliphatic rings. The molecule has 3 nitrogen and oxygen atoms in total. The van der Waals surface area contributed by atoms with Crippen LogP contribution in [0, 0.1) is 0 Å². The Balaban J connectivity index is 1.88. The van der Waals surface area contributed by atoms with Gasteiger partial charge in [-0.15, -0.1) is 0 Å². The van der Waals surface area contributed by atoms with E-state index in [4.69, 9.17) is 10.5 Å². The van der Waals surface area contributed by atoms with Gasteiger partial charge in [-0.3, -0.25) is 0 Å². The molecular weight excluding hydrogens is 212 g/mol. The number of hydrogen-bond acceptors (Lipinski definition) is 3. The maximum absolute atomic E-state index is 5.98. The van der Waals surface area contributed by atoms with Gasteiger partial charge in [0.2, 0.25) is 0 Å². The van der Waals surface area contributed by atoms with Crippen LogP contribution in [0.25, 0.3) is 0 Å². The first-order valence-electron chi connectivity index (χ1n) is 7.09. The molecule has 0 aromatic heterocycles. The average molecular weight is 240 g/mol. The first-order valence-corrected chi connectivity index (χ1v) is 7.09. The Hall–Kier alpha value is -0.120. The van der Waals surface area contributed by atoms with Gasteiger partial charge in [0.15, 0.2) is 0 Å². The fourth-order valence-corrected chi connectivity index (χ4v) is 3.35. The highest BCUT2D eigenvalue weighted by Gasteiger charge is 2.34. The quantitative estimate of drug-likeness (QED) is 0.804. The number of hydrogen-bond donors (Lipinski definition) is 1. The van der Waals surface area contributed by atoms with Crippen molar-refractivity contribution < 1.29 is 4.74 Å². The van der Waals surface area contributed by atoms with E-state index in [0.29, 0.717) is 12.1 Å². The van der Waals surface area contributed by atoms with Gasteiger partial charge < -0.3 is 15.4 Å². The first kappa shape index (κ1) is 13.3. The lowest BCUT2D eigenvalue weighted by molar-refractivity contribution is -0.0868. The summed E-state index contributed by atoms with van der Waals surface area (Å²) in [6.07, 6.45) is 7.28. The van der Waals surface area contributed by atoms with Crippen LogP contribution >= 0.6 is 0 Å². The van der Waals surface area contributed by atoms with Gasteiger partial charge in [-0.05, 0) is 59.4 Å². The molecule has 1 aliphatic heterocycles. The zero-order chi connectivity index (χ0) is 12.5. The van der Waals surface area contributed by atoms with E-state index >= 15 is 0 Å². The maximum atomic E-state index is 5.98. The normalized spacial score (nSPS) is 38.3. The Bertz CT molecular complexity index is 247. The summed E-state index contributed by atoms with van der Waals surface area (Å²) in [5.41, 5.74) is 6.04. The van der Waals surface area contributed by atoms with Gasteiger partial charge >= 0.3 is 0 Å². The molecule has 0 aromatic carbocycles. The van der Waals surface area contributed by atoms with E-state index in [2.05, 4.69) is 25.8 Å². The molecule has 3 heteroatoms. The summed E-state index contributed by atoms with van der Waals surface area (Å²) in [5, 5.41) is 0. The van der Waals surface area contributed by atoms with Gasteiger partial charge in [0.05, 0.1) is 5.60 Å². The Morgan fingerprint density at radius 2 is 1.71 bits per heavy atom. The zero-order valence-electron chi connectivity index (χ0n) is 11.6. The van der Waals surface area contributed by atoms with E-state index in [1.807, 2.05) is 0 Å². The molecule has 17 heavy (non-hydrogen) atoms. The third-order valence-electron chi connectivity index (χ3n) is 4.56. The molecule has 2 rings (SSSR count). The van der Waals surface area contributed by atoms with Crippen LogP contribution in [0.5, 0.6) is 0 Å². The third-order valence-corrected chi connectivity index (χ3v) is 4.56. The van der Waals surface area contributed by atoms with Gasteiger partial charge in [0, 0.05) is 24.7 Å². The largest absolute Gasteiger partial charge is 0.375 e. The summed E-state index contributed by atoms with van der Waals surface area (Å²) in [7, 11) is 2.30. The molecule has 2 N–H and O–H groups in total. The molecule has 0 radical (unpaired) electrons. The minimum absolute atomic E-state index is 0.0578. The Labute approximate surface area is 106 Å². The average Bonchev–Trinajstić information content (AvgIpc) is 2.28. The Morgan fingerprint density at radius 3 is 2.29 bits per heavy atom. The van der Waals surface area contributed by atoms with Crippen molar-refractivity contribution in [3.8, 4) is 0 Å². The molecule has 100 valence electrons. The number of nitrogens with zero attached hydrogens (tertiary/aromatic N) is 1. The highest BCUT2D eigenvalue weighted by atomic mass is 16.5. The van der Waals surface area contributed by atoms with Crippen LogP contribution in [-0.4, -0.2) is 42.3 Å². The summed E-state index contributed by atoms with van der Waals surface area (Å²) >= 11 is 0. The molecule has 2 fully saturated rings. The molecule has 1 saturated heterocycles. The minimum atomic E-state index is 0.0578. The van der Waals surface area contributed by atoms with Crippen molar-refractivity contribution in [2.75, 3.05) is 13.7 Å². The van der Waals surface area contributed by atoms with E-state index in [1.54, 1.807) is 0 Å². The SMILES string of the molecule is CN(C1CCC(N)CC1)C1CCOC(C)(C)C1. The van der Waals surface area contributed by atoms with Crippen molar-refractivity contribution in [2.24, 2.45) is 5.73 Å². The van der Waals surface area contributed by atoms with E-state index in [-0.39, 0.29) is 5.60 Å². The molecule has 0 amide bonds. The first-order chi connectivity index (χ1) is 7.98. The standard InChI is InChI=1S/C14H28N2O/c1-14(2)10-13(8-9-17-14)16(3)12-6-4-11(15)5-7-12/h11-13H,4-10,15H2,1-3H3. The Kier molecular flexibility index (Phi) is 4.11. The van der Waals surface area contributed by atoms with Crippen LogP contribution in [0.2, 0.25) is 0 Å². The highest BCUT2D eigenvalue weighted by Crippen LogP contribution is 2.30. The zero-order valence-corrected chi connectivity index (χ0v) is 11.6. The number of rotatable bonds is 2. The van der Waals surface area contributed by atoms with Crippen molar-refractivity contribution in [3.63, 3.8) is 0 Å². The third kappa shape index (κ3) is 3.43. The van der Waals surface area contributed by atoms with E-state index < -0.39 is 0 Å². The second kappa shape index (κ2) is 5.25. The topological polar surface area (TPSA) is 38.5 Å². The second-order valence-corrected chi connectivity index (χ2v) is 6.49. The number of ether oxygens (including phenoxy) is 1. The fraction of sp³-hybridized carbons (Fsp3) is 1.00. The van der Waals surface area contributed by atoms with Crippen LogP contribution in [0.15, 0.2) is 0 Å². The van der Waals surface area contributed by atoms with Crippen molar-refractivity contribution in [3.05, 3.63) is 0 Å². The molecule has 1 saturated carbocycles. The molecular formula is C14H28N2O. The summed E-state index contributed by atoms with van der Waals surface area (Å²) in [6.45, 7) is 5.34.